The molecule has 0 aliphatic heterocycles. The number of aryl methyl sites for hydroxylation is 1. The highest BCUT2D eigenvalue weighted by atomic mass is 35.5. The summed E-state index contributed by atoms with van der Waals surface area (Å²) in [5, 5.41) is 6.43. The molecule has 0 unspecified atom stereocenters. The van der Waals surface area contributed by atoms with Crippen molar-refractivity contribution >= 4 is 33.9 Å². The van der Waals surface area contributed by atoms with Crippen LogP contribution in [0.15, 0.2) is 78.9 Å². The second-order valence-electron chi connectivity index (χ2n) is 6.08. The van der Waals surface area contributed by atoms with Gasteiger partial charge in [-0.15, -0.1) is 0 Å². The third-order valence-corrected chi connectivity index (χ3v) is 4.42. The van der Waals surface area contributed by atoms with Crippen molar-refractivity contribution in [1.82, 2.24) is 4.98 Å². The minimum atomic E-state index is 0.720. The van der Waals surface area contributed by atoms with Crippen LogP contribution >= 0.6 is 11.6 Å². The summed E-state index contributed by atoms with van der Waals surface area (Å²) in [6.07, 6.45) is 0. The van der Waals surface area contributed by atoms with Crippen molar-refractivity contribution < 1.29 is 0 Å². The number of benzene rings is 3. The Labute approximate surface area is 152 Å². The molecule has 4 aromatic rings. The zero-order chi connectivity index (χ0) is 17.2. The third-order valence-electron chi connectivity index (χ3n) is 4.16. The molecule has 0 atom stereocenters. The lowest BCUT2D eigenvalue weighted by Crippen LogP contribution is -1.97. The highest BCUT2D eigenvalue weighted by Gasteiger charge is 2.09. The molecule has 0 amide bonds. The molecule has 0 bridgehead atoms. The highest BCUT2D eigenvalue weighted by molar-refractivity contribution is 6.30. The molecule has 0 aliphatic carbocycles. The van der Waals surface area contributed by atoms with E-state index in [1.54, 1.807) is 0 Å². The average molecular weight is 345 g/mol. The zero-order valence-corrected chi connectivity index (χ0v) is 14.6. The lowest BCUT2D eigenvalue weighted by atomic mass is 10.0. The van der Waals surface area contributed by atoms with E-state index >= 15 is 0 Å². The predicted molar refractivity (Wildman–Crippen MR) is 107 cm³/mol. The quantitative estimate of drug-likeness (QED) is 0.452. The number of halogens is 1. The summed E-state index contributed by atoms with van der Waals surface area (Å²) >= 11 is 5.99. The van der Waals surface area contributed by atoms with Crippen LogP contribution < -0.4 is 5.32 Å². The Morgan fingerprint density at radius 2 is 1.60 bits per heavy atom. The van der Waals surface area contributed by atoms with E-state index in [0.717, 1.165) is 38.6 Å². The molecule has 2 nitrogen and oxygen atoms in total. The molecule has 4 rings (SSSR count). The van der Waals surface area contributed by atoms with Gasteiger partial charge in [0.15, 0.2) is 0 Å². The van der Waals surface area contributed by atoms with Crippen LogP contribution in [0.2, 0.25) is 5.02 Å². The van der Waals surface area contributed by atoms with Gasteiger partial charge in [-0.2, -0.15) is 0 Å². The van der Waals surface area contributed by atoms with Crippen molar-refractivity contribution in [2.75, 3.05) is 5.32 Å². The number of hydrogen-bond acceptors (Lipinski definition) is 2. The van der Waals surface area contributed by atoms with E-state index in [1.165, 1.54) is 5.56 Å². The van der Waals surface area contributed by atoms with Crippen LogP contribution in [0, 0.1) is 6.92 Å². The van der Waals surface area contributed by atoms with E-state index in [1.807, 2.05) is 42.5 Å². The molecule has 1 N–H and O–H groups in total. The monoisotopic (exact) mass is 344 g/mol. The first-order valence-electron chi connectivity index (χ1n) is 8.18. The van der Waals surface area contributed by atoms with E-state index in [-0.39, 0.29) is 0 Å². The molecule has 1 aromatic heterocycles. The summed E-state index contributed by atoms with van der Waals surface area (Å²) in [6, 6.07) is 26.5. The van der Waals surface area contributed by atoms with Gasteiger partial charge in [0.05, 0.1) is 5.69 Å². The van der Waals surface area contributed by atoms with Crippen molar-refractivity contribution in [2.24, 2.45) is 0 Å². The first-order chi connectivity index (χ1) is 12.2. The Morgan fingerprint density at radius 3 is 2.36 bits per heavy atom. The molecule has 0 radical (unpaired) electrons. The molecular formula is C22H17ClN2. The van der Waals surface area contributed by atoms with Crippen molar-refractivity contribution in [3.8, 4) is 11.3 Å². The number of anilines is 2. The van der Waals surface area contributed by atoms with Gasteiger partial charge in [0.25, 0.3) is 0 Å². The molecule has 25 heavy (non-hydrogen) atoms. The van der Waals surface area contributed by atoms with Crippen LogP contribution in [-0.2, 0) is 0 Å². The summed E-state index contributed by atoms with van der Waals surface area (Å²) in [5.41, 5.74) is 4.23. The topological polar surface area (TPSA) is 24.9 Å². The van der Waals surface area contributed by atoms with Gasteiger partial charge in [-0.3, -0.25) is 0 Å². The normalized spacial score (nSPS) is 10.8. The average Bonchev–Trinajstić information content (AvgIpc) is 2.64. The number of fused-ring (bicyclic) bond motifs is 1. The molecule has 0 saturated heterocycles. The van der Waals surface area contributed by atoms with Gasteiger partial charge in [-0.05, 0) is 48.7 Å². The van der Waals surface area contributed by atoms with E-state index in [2.05, 4.69) is 48.6 Å². The van der Waals surface area contributed by atoms with Gasteiger partial charge in [-0.1, -0.05) is 59.6 Å². The lowest BCUT2D eigenvalue weighted by molar-refractivity contribution is 1.33. The number of rotatable bonds is 3. The highest BCUT2D eigenvalue weighted by Crippen LogP contribution is 2.30. The van der Waals surface area contributed by atoms with Gasteiger partial charge in [-0.25, -0.2) is 4.98 Å². The molecule has 3 aromatic carbocycles. The number of aromatic nitrogens is 1. The van der Waals surface area contributed by atoms with E-state index in [0.29, 0.717) is 0 Å². The molecular weight excluding hydrogens is 328 g/mol. The summed E-state index contributed by atoms with van der Waals surface area (Å²) in [7, 11) is 0. The number of hydrogen-bond donors (Lipinski definition) is 1. The SMILES string of the molecule is Cc1ccc2cc(-c3ccccc3)nc(Nc3ccc(Cl)cc3)c2c1. The molecule has 0 saturated carbocycles. The van der Waals surface area contributed by atoms with E-state index < -0.39 is 0 Å². The van der Waals surface area contributed by atoms with Gasteiger partial charge in [0, 0.05) is 21.7 Å². The van der Waals surface area contributed by atoms with Gasteiger partial charge < -0.3 is 5.32 Å². The fourth-order valence-electron chi connectivity index (χ4n) is 2.88. The second-order valence-corrected chi connectivity index (χ2v) is 6.52. The van der Waals surface area contributed by atoms with Crippen LogP contribution in [0.4, 0.5) is 11.5 Å². The van der Waals surface area contributed by atoms with Crippen molar-refractivity contribution in [1.29, 1.82) is 0 Å². The number of nitrogens with zero attached hydrogens (tertiary/aromatic N) is 1. The van der Waals surface area contributed by atoms with Gasteiger partial charge >= 0.3 is 0 Å². The smallest absolute Gasteiger partial charge is 0.138 e. The van der Waals surface area contributed by atoms with Gasteiger partial charge in [0.1, 0.15) is 5.82 Å². The molecule has 3 heteroatoms. The third kappa shape index (κ3) is 3.35. The number of pyridine rings is 1. The standard InChI is InChI=1S/C22H17ClN2/c1-15-7-8-17-14-21(16-5-3-2-4-6-16)25-22(20(17)13-15)24-19-11-9-18(23)10-12-19/h2-14H,1H3,(H,24,25). The Balaban J connectivity index is 1.87. The van der Waals surface area contributed by atoms with E-state index in [4.69, 9.17) is 16.6 Å². The molecule has 0 fully saturated rings. The second kappa shape index (κ2) is 6.58. The molecule has 0 aliphatic rings. The Morgan fingerprint density at radius 1 is 0.840 bits per heavy atom. The summed E-state index contributed by atoms with van der Waals surface area (Å²) in [6.45, 7) is 2.09. The Hall–Kier alpha value is -2.84. The van der Waals surface area contributed by atoms with Crippen LogP contribution in [-0.4, -0.2) is 4.98 Å². The summed E-state index contributed by atoms with van der Waals surface area (Å²) in [4.78, 5) is 4.89. The van der Waals surface area contributed by atoms with Gasteiger partial charge in [0.2, 0.25) is 0 Å². The Bertz CT molecular complexity index is 1030. The lowest BCUT2D eigenvalue weighted by Gasteiger charge is -2.12. The predicted octanol–water partition coefficient (Wildman–Crippen LogP) is 6.61. The fourth-order valence-corrected chi connectivity index (χ4v) is 3.01. The van der Waals surface area contributed by atoms with Crippen LogP contribution in [0.25, 0.3) is 22.0 Å². The first-order valence-corrected chi connectivity index (χ1v) is 8.56. The maximum Gasteiger partial charge on any atom is 0.138 e. The minimum Gasteiger partial charge on any atom is -0.340 e. The summed E-state index contributed by atoms with van der Waals surface area (Å²) in [5.74, 6) is 0.849. The number of nitrogens with one attached hydrogen (secondary N) is 1. The first kappa shape index (κ1) is 15.7. The maximum absolute atomic E-state index is 5.99. The largest absolute Gasteiger partial charge is 0.340 e. The van der Waals surface area contributed by atoms with Crippen LogP contribution in [0.5, 0.6) is 0 Å². The van der Waals surface area contributed by atoms with Crippen molar-refractivity contribution in [2.45, 2.75) is 6.92 Å². The fraction of sp³-hybridized carbons (Fsp3) is 0.0455. The molecule has 0 spiro atoms. The van der Waals surface area contributed by atoms with E-state index in [9.17, 15) is 0 Å². The van der Waals surface area contributed by atoms with Crippen molar-refractivity contribution in [3.63, 3.8) is 0 Å². The molecule has 1 heterocycles. The van der Waals surface area contributed by atoms with Crippen molar-refractivity contribution in [3.05, 3.63) is 89.4 Å². The van der Waals surface area contributed by atoms with Crippen LogP contribution in [0.1, 0.15) is 5.56 Å². The zero-order valence-electron chi connectivity index (χ0n) is 13.8. The maximum atomic E-state index is 5.99. The summed E-state index contributed by atoms with van der Waals surface area (Å²) < 4.78 is 0. The Kier molecular flexibility index (Phi) is 4.12. The minimum absolute atomic E-state index is 0.720. The van der Waals surface area contributed by atoms with Crippen LogP contribution in [0.3, 0.4) is 0 Å². The molecule has 122 valence electrons.